The Morgan fingerprint density at radius 2 is 1.56 bits per heavy atom. The second-order valence-corrected chi connectivity index (χ2v) is 6.09. The van der Waals surface area contributed by atoms with Crippen LogP contribution in [-0.2, 0) is 11.2 Å². The molecule has 1 N–H and O–H groups in total. The molecule has 0 aromatic heterocycles. The molecule has 0 radical (unpaired) electrons. The Bertz CT molecular complexity index is 845. The summed E-state index contributed by atoms with van der Waals surface area (Å²) < 4.78 is 5.75. The topological polar surface area (TPSA) is 46.5 Å². The monoisotopic (exact) mass is 352 g/mol. The SMILES string of the molecule is O=C(O)C(Cc1ccc(Oc2ccccc2Cl)cc1)c1ccccc1. The van der Waals surface area contributed by atoms with Gasteiger partial charge >= 0.3 is 5.97 Å². The number of hydrogen-bond donors (Lipinski definition) is 1. The van der Waals surface area contributed by atoms with Gasteiger partial charge in [0.05, 0.1) is 10.9 Å². The van der Waals surface area contributed by atoms with Crippen molar-refractivity contribution in [3.63, 3.8) is 0 Å². The lowest BCUT2D eigenvalue weighted by Gasteiger charge is -2.13. The normalized spacial score (nSPS) is 11.7. The summed E-state index contributed by atoms with van der Waals surface area (Å²) in [6.45, 7) is 0. The quantitative estimate of drug-likeness (QED) is 0.633. The number of aliphatic carboxylic acids is 1. The molecular weight excluding hydrogens is 336 g/mol. The number of hydrogen-bond acceptors (Lipinski definition) is 2. The van der Waals surface area contributed by atoms with Gasteiger partial charge in [0.25, 0.3) is 0 Å². The summed E-state index contributed by atoms with van der Waals surface area (Å²) in [6, 6.07) is 23.9. The van der Waals surface area contributed by atoms with Crippen LogP contribution in [0.1, 0.15) is 17.0 Å². The molecule has 0 aliphatic carbocycles. The molecule has 3 nitrogen and oxygen atoms in total. The molecule has 4 heteroatoms. The maximum atomic E-state index is 11.6. The van der Waals surface area contributed by atoms with Crippen LogP contribution < -0.4 is 4.74 Å². The highest BCUT2D eigenvalue weighted by Gasteiger charge is 2.20. The molecule has 0 bridgehead atoms. The molecule has 3 aromatic carbocycles. The maximum absolute atomic E-state index is 11.6. The number of rotatable bonds is 6. The Balaban J connectivity index is 1.73. The van der Waals surface area contributed by atoms with E-state index in [-0.39, 0.29) is 0 Å². The lowest BCUT2D eigenvalue weighted by molar-refractivity contribution is -0.138. The Kier molecular flexibility index (Phi) is 5.36. The van der Waals surface area contributed by atoms with Gasteiger partial charge in [0.2, 0.25) is 0 Å². The molecule has 0 amide bonds. The second kappa shape index (κ2) is 7.86. The molecule has 0 saturated carbocycles. The van der Waals surface area contributed by atoms with Gasteiger partial charge < -0.3 is 9.84 Å². The first kappa shape index (κ1) is 17.1. The Hall–Kier alpha value is -2.78. The van der Waals surface area contributed by atoms with Gasteiger partial charge in [-0.3, -0.25) is 4.79 Å². The van der Waals surface area contributed by atoms with Crippen LogP contribution in [0.5, 0.6) is 11.5 Å². The first-order chi connectivity index (χ1) is 12.1. The highest BCUT2D eigenvalue weighted by atomic mass is 35.5. The third-order valence-corrected chi connectivity index (χ3v) is 4.24. The molecule has 0 spiro atoms. The zero-order valence-corrected chi connectivity index (χ0v) is 14.2. The van der Waals surface area contributed by atoms with Crippen molar-refractivity contribution < 1.29 is 14.6 Å². The van der Waals surface area contributed by atoms with Gasteiger partial charge in [-0.05, 0) is 41.8 Å². The number of carbonyl (C=O) groups is 1. The minimum Gasteiger partial charge on any atom is -0.481 e. The van der Waals surface area contributed by atoms with Crippen molar-refractivity contribution >= 4 is 17.6 Å². The van der Waals surface area contributed by atoms with Gasteiger partial charge in [-0.1, -0.05) is 66.2 Å². The van der Waals surface area contributed by atoms with E-state index in [0.29, 0.717) is 22.9 Å². The Labute approximate surface area is 151 Å². The average Bonchev–Trinajstić information content (AvgIpc) is 2.63. The van der Waals surface area contributed by atoms with Crippen molar-refractivity contribution in [1.29, 1.82) is 0 Å². The minimum atomic E-state index is -0.831. The molecule has 1 atom stereocenters. The predicted molar refractivity (Wildman–Crippen MR) is 98.5 cm³/mol. The summed E-state index contributed by atoms with van der Waals surface area (Å²) in [5.41, 5.74) is 1.73. The molecule has 3 aromatic rings. The Morgan fingerprint density at radius 3 is 2.20 bits per heavy atom. The van der Waals surface area contributed by atoms with Crippen molar-refractivity contribution in [3.8, 4) is 11.5 Å². The summed E-state index contributed by atoms with van der Waals surface area (Å²) in [5.74, 6) is -0.160. The van der Waals surface area contributed by atoms with Gasteiger partial charge in [-0.15, -0.1) is 0 Å². The standard InChI is InChI=1S/C21H17ClO3/c22-19-8-4-5-9-20(19)25-17-12-10-15(11-13-17)14-18(21(23)24)16-6-2-1-3-7-16/h1-13,18H,14H2,(H,23,24). The number of para-hydroxylation sites is 1. The number of carboxylic acids is 1. The fourth-order valence-corrected chi connectivity index (χ4v) is 2.79. The van der Waals surface area contributed by atoms with E-state index in [2.05, 4.69) is 0 Å². The minimum absolute atomic E-state index is 0.422. The number of halogens is 1. The summed E-state index contributed by atoms with van der Waals surface area (Å²) in [7, 11) is 0. The van der Waals surface area contributed by atoms with Crippen LogP contribution in [0.3, 0.4) is 0 Å². The smallest absolute Gasteiger partial charge is 0.311 e. The molecule has 25 heavy (non-hydrogen) atoms. The molecule has 0 heterocycles. The number of ether oxygens (including phenoxy) is 1. The van der Waals surface area contributed by atoms with Crippen LogP contribution in [-0.4, -0.2) is 11.1 Å². The number of benzene rings is 3. The molecule has 0 aliphatic heterocycles. The summed E-state index contributed by atoms with van der Waals surface area (Å²) in [6.07, 6.45) is 0.422. The molecule has 1 unspecified atom stereocenters. The Morgan fingerprint density at radius 1 is 0.920 bits per heavy atom. The van der Waals surface area contributed by atoms with Crippen molar-refractivity contribution in [2.24, 2.45) is 0 Å². The van der Waals surface area contributed by atoms with Crippen LogP contribution in [0.15, 0.2) is 78.9 Å². The third kappa shape index (κ3) is 4.40. The van der Waals surface area contributed by atoms with Crippen LogP contribution in [0.25, 0.3) is 0 Å². The van der Waals surface area contributed by atoms with E-state index < -0.39 is 11.9 Å². The van der Waals surface area contributed by atoms with Gasteiger partial charge in [-0.25, -0.2) is 0 Å². The lowest BCUT2D eigenvalue weighted by Crippen LogP contribution is -2.14. The van der Waals surface area contributed by atoms with Crippen LogP contribution in [0.4, 0.5) is 0 Å². The average molecular weight is 353 g/mol. The fraction of sp³-hybridized carbons (Fsp3) is 0.0952. The highest BCUT2D eigenvalue weighted by molar-refractivity contribution is 6.32. The van der Waals surface area contributed by atoms with Gasteiger partial charge in [0.1, 0.15) is 11.5 Å². The van der Waals surface area contributed by atoms with Crippen LogP contribution in [0.2, 0.25) is 5.02 Å². The largest absolute Gasteiger partial charge is 0.481 e. The van der Waals surface area contributed by atoms with Crippen molar-refractivity contribution in [1.82, 2.24) is 0 Å². The maximum Gasteiger partial charge on any atom is 0.311 e. The van der Waals surface area contributed by atoms with Gasteiger partial charge in [0.15, 0.2) is 0 Å². The zero-order chi connectivity index (χ0) is 17.6. The van der Waals surface area contributed by atoms with Crippen molar-refractivity contribution in [3.05, 3.63) is 95.0 Å². The van der Waals surface area contributed by atoms with Crippen molar-refractivity contribution in [2.45, 2.75) is 12.3 Å². The summed E-state index contributed by atoms with van der Waals surface area (Å²) in [5, 5.41) is 10.1. The van der Waals surface area contributed by atoms with Gasteiger partial charge in [-0.2, -0.15) is 0 Å². The van der Waals surface area contributed by atoms with E-state index in [1.165, 1.54) is 0 Å². The summed E-state index contributed by atoms with van der Waals surface area (Å²) in [4.78, 5) is 11.6. The van der Waals surface area contributed by atoms with Gasteiger partial charge in [0, 0.05) is 0 Å². The highest BCUT2D eigenvalue weighted by Crippen LogP contribution is 2.29. The zero-order valence-electron chi connectivity index (χ0n) is 13.4. The van der Waals surface area contributed by atoms with Crippen LogP contribution in [0, 0.1) is 0 Å². The molecule has 0 fully saturated rings. The number of carboxylic acid groups (broad SMARTS) is 1. The van der Waals surface area contributed by atoms with E-state index in [4.69, 9.17) is 16.3 Å². The van der Waals surface area contributed by atoms with E-state index in [1.54, 1.807) is 12.1 Å². The molecule has 0 saturated heterocycles. The molecule has 126 valence electrons. The van der Waals surface area contributed by atoms with Crippen molar-refractivity contribution in [2.75, 3.05) is 0 Å². The van der Waals surface area contributed by atoms with E-state index in [0.717, 1.165) is 11.1 Å². The molecular formula is C21H17ClO3. The fourth-order valence-electron chi connectivity index (χ4n) is 2.62. The molecule has 0 aliphatic rings. The first-order valence-electron chi connectivity index (χ1n) is 7.92. The predicted octanol–water partition coefficient (Wildman–Crippen LogP) is 5.54. The second-order valence-electron chi connectivity index (χ2n) is 5.68. The van der Waals surface area contributed by atoms with E-state index in [1.807, 2.05) is 66.7 Å². The van der Waals surface area contributed by atoms with Crippen LogP contribution >= 0.6 is 11.6 Å². The lowest BCUT2D eigenvalue weighted by atomic mass is 9.92. The third-order valence-electron chi connectivity index (χ3n) is 3.93. The van der Waals surface area contributed by atoms with E-state index >= 15 is 0 Å². The first-order valence-corrected chi connectivity index (χ1v) is 8.30. The molecule has 3 rings (SSSR count). The summed E-state index contributed by atoms with van der Waals surface area (Å²) >= 11 is 6.09. The van der Waals surface area contributed by atoms with E-state index in [9.17, 15) is 9.90 Å².